The molecule has 0 saturated carbocycles. The predicted octanol–water partition coefficient (Wildman–Crippen LogP) is 14.1. The molecule has 0 amide bonds. The molecule has 46 heavy (non-hydrogen) atoms. The first-order valence-electron chi connectivity index (χ1n) is 18.2. The van der Waals surface area contributed by atoms with Gasteiger partial charge in [0.15, 0.2) is 0 Å². The molecule has 0 bridgehead atoms. The fourth-order valence-corrected chi connectivity index (χ4v) is 11.4. The van der Waals surface area contributed by atoms with E-state index in [1.807, 2.05) is 34.0 Å². The number of unbranched alkanes of at least 4 members (excludes halogenated alkanes) is 10. The molecular formula is C43H50S3. The number of thiophene rings is 3. The summed E-state index contributed by atoms with van der Waals surface area (Å²) < 4.78 is 0. The second-order valence-corrected chi connectivity index (χ2v) is 16.8. The van der Waals surface area contributed by atoms with Gasteiger partial charge in [0.25, 0.3) is 0 Å². The van der Waals surface area contributed by atoms with E-state index in [4.69, 9.17) is 0 Å². The third-order valence-corrected chi connectivity index (χ3v) is 14.1. The Hall–Kier alpha value is -2.46. The molecule has 3 aromatic heterocycles. The topological polar surface area (TPSA) is 0 Å². The molecule has 3 heterocycles. The van der Waals surface area contributed by atoms with E-state index < -0.39 is 0 Å². The number of aryl methyl sites for hydroxylation is 2. The Balaban J connectivity index is 1.24. The van der Waals surface area contributed by atoms with Gasteiger partial charge in [-0.25, -0.2) is 0 Å². The molecule has 0 N–H and O–H groups in total. The maximum Gasteiger partial charge on any atom is 0.0484 e. The molecule has 1 spiro atoms. The van der Waals surface area contributed by atoms with E-state index in [2.05, 4.69) is 85.3 Å². The molecule has 0 fully saturated rings. The van der Waals surface area contributed by atoms with E-state index >= 15 is 0 Å². The van der Waals surface area contributed by atoms with Crippen LogP contribution in [0.3, 0.4) is 0 Å². The van der Waals surface area contributed by atoms with Crippen molar-refractivity contribution in [3.63, 3.8) is 0 Å². The van der Waals surface area contributed by atoms with Crippen LogP contribution in [0.15, 0.2) is 71.4 Å². The van der Waals surface area contributed by atoms with Gasteiger partial charge in [0.1, 0.15) is 0 Å². The minimum absolute atomic E-state index is 0.0373. The fraction of sp³-hybridized carbons (Fsp3) is 0.442. The lowest BCUT2D eigenvalue weighted by Gasteiger charge is -2.28. The van der Waals surface area contributed by atoms with Gasteiger partial charge >= 0.3 is 0 Å². The van der Waals surface area contributed by atoms with Crippen LogP contribution in [0.2, 0.25) is 0 Å². The van der Waals surface area contributed by atoms with Crippen molar-refractivity contribution in [2.45, 2.75) is 122 Å². The Morgan fingerprint density at radius 1 is 0.543 bits per heavy atom. The summed E-state index contributed by atoms with van der Waals surface area (Å²) in [6.07, 6.45) is 20.9. The van der Waals surface area contributed by atoms with Crippen molar-refractivity contribution in [1.82, 2.24) is 0 Å². The van der Waals surface area contributed by atoms with Crippen molar-refractivity contribution >= 4 is 34.0 Å². The average molecular weight is 663 g/mol. The van der Waals surface area contributed by atoms with Crippen molar-refractivity contribution in [3.05, 3.63) is 105 Å². The van der Waals surface area contributed by atoms with Crippen LogP contribution < -0.4 is 0 Å². The van der Waals surface area contributed by atoms with Crippen LogP contribution in [-0.4, -0.2) is 0 Å². The summed E-state index contributed by atoms with van der Waals surface area (Å²) in [7, 11) is 0. The maximum absolute atomic E-state index is 2.65. The van der Waals surface area contributed by atoms with Crippen molar-refractivity contribution in [3.8, 4) is 30.6 Å². The average Bonchev–Trinajstić information content (AvgIpc) is 3.91. The van der Waals surface area contributed by atoms with Gasteiger partial charge in [0.05, 0.1) is 0 Å². The van der Waals surface area contributed by atoms with Gasteiger partial charge in [-0.05, 0) is 106 Å². The zero-order chi connectivity index (χ0) is 31.3. The van der Waals surface area contributed by atoms with Gasteiger partial charge < -0.3 is 0 Å². The molecule has 3 heteroatoms. The SMILES string of the molecule is CCCCCCCCc1ccc2c(c1)C1(Cc3c(-c4cccs4)sc(-c4cccs4)c3C1)c1cc(CCCCCCCC)ccc1-2. The Kier molecular flexibility index (Phi) is 10.3. The fourth-order valence-electron chi connectivity index (χ4n) is 8.25. The summed E-state index contributed by atoms with van der Waals surface area (Å²) in [5, 5.41) is 4.50. The first-order chi connectivity index (χ1) is 22.7. The molecule has 2 aliphatic rings. The highest BCUT2D eigenvalue weighted by molar-refractivity contribution is 7.26. The minimum Gasteiger partial charge on any atom is -0.143 e. The van der Waals surface area contributed by atoms with Crippen LogP contribution >= 0.6 is 34.0 Å². The highest BCUT2D eigenvalue weighted by atomic mass is 32.1. The smallest absolute Gasteiger partial charge is 0.0484 e. The summed E-state index contributed by atoms with van der Waals surface area (Å²) in [5.41, 5.74) is 12.6. The number of hydrogen-bond acceptors (Lipinski definition) is 3. The van der Waals surface area contributed by atoms with Crippen LogP contribution in [-0.2, 0) is 31.1 Å². The quantitative estimate of drug-likeness (QED) is 0.0922. The maximum atomic E-state index is 2.65. The third-order valence-electron chi connectivity index (χ3n) is 10.7. The van der Waals surface area contributed by atoms with E-state index in [0.717, 1.165) is 12.8 Å². The predicted molar refractivity (Wildman–Crippen MR) is 205 cm³/mol. The summed E-state index contributed by atoms with van der Waals surface area (Å²) in [5.74, 6) is 0. The molecule has 0 nitrogen and oxygen atoms in total. The highest BCUT2D eigenvalue weighted by Gasteiger charge is 2.49. The zero-order valence-corrected chi connectivity index (χ0v) is 30.4. The van der Waals surface area contributed by atoms with Gasteiger partial charge in [-0.15, -0.1) is 34.0 Å². The van der Waals surface area contributed by atoms with Gasteiger partial charge in [0, 0.05) is 24.9 Å². The molecule has 0 atom stereocenters. The van der Waals surface area contributed by atoms with E-state index in [-0.39, 0.29) is 5.41 Å². The lowest BCUT2D eigenvalue weighted by atomic mass is 9.74. The summed E-state index contributed by atoms with van der Waals surface area (Å²) in [6.45, 7) is 4.62. The summed E-state index contributed by atoms with van der Waals surface area (Å²) >= 11 is 5.86. The van der Waals surface area contributed by atoms with Crippen LogP contribution in [0.5, 0.6) is 0 Å². The van der Waals surface area contributed by atoms with E-state index in [0.29, 0.717) is 0 Å². The monoisotopic (exact) mass is 662 g/mol. The van der Waals surface area contributed by atoms with Crippen molar-refractivity contribution in [1.29, 1.82) is 0 Å². The van der Waals surface area contributed by atoms with Gasteiger partial charge in [-0.1, -0.05) is 127 Å². The van der Waals surface area contributed by atoms with Gasteiger partial charge in [0.2, 0.25) is 0 Å². The minimum atomic E-state index is 0.0373. The molecule has 2 aliphatic carbocycles. The third kappa shape index (κ3) is 6.37. The molecule has 0 saturated heterocycles. The molecule has 2 aromatic carbocycles. The van der Waals surface area contributed by atoms with Crippen molar-refractivity contribution < 1.29 is 0 Å². The molecule has 0 unspecified atom stereocenters. The summed E-state index contributed by atoms with van der Waals surface area (Å²) in [6, 6.07) is 24.3. The first-order valence-corrected chi connectivity index (χ1v) is 20.8. The first kappa shape index (κ1) is 32.1. The van der Waals surface area contributed by atoms with Crippen LogP contribution in [0.25, 0.3) is 30.6 Å². The zero-order valence-electron chi connectivity index (χ0n) is 28.0. The number of rotatable bonds is 16. The van der Waals surface area contributed by atoms with Crippen molar-refractivity contribution in [2.24, 2.45) is 0 Å². The Morgan fingerprint density at radius 3 is 1.43 bits per heavy atom. The van der Waals surface area contributed by atoms with E-state index in [1.165, 1.54) is 121 Å². The molecule has 5 aromatic rings. The number of fused-ring (bicyclic) bond motifs is 6. The van der Waals surface area contributed by atoms with E-state index in [1.54, 1.807) is 33.4 Å². The van der Waals surface area contributed by atoms with Gasteiger partial charge in [-0.2, -0.15) is 0 Å². The Morgan fingerprint density at radius 2 is 1.00 bits per heavy atom. The van der Waals surface area contributed by atoms with Crippen LogP contribution in [0.4, 0.5) is 0 Å². The van der Waals surface area contributed by atoms with Crippen LogP contribution in [0, 0.1) is 0 Å². The molecular weight excluding hydrogens is 613 g/mol. The largest absolute Gasteiger partial charge is 0.143 e. The Labute approximate surface area is 290 Å². The van der Waals surface area contributed by atoms with Crippen LogP contribution in [0.1, 0.15) is 124 Å². The normalized spacial score (nSPS) is 14.2. The Bertz CT molecular complexity index is 1590. The molecule has 0 radical (unpaired) electrons. The standard InChI is InChI=1S/C43H50S3/c1-3-5-7-9-11-13-17-31-21-23-33-34-24-22-32(18-14-12-10-8-6-4-2)28-38(34)43(37(33)27-31)29-35-36(30-43)42(40-20-16-26-45-40)46-41(35)39-19-15-25-44-39/h15-16,19-28H,3-14,17-18,29-30H2,1-2H3. The van der Waals surface area contributed by atoms with Gasteiger partial charge in [-0.3, -0.25) is 0 Å². The number of hydrogen-bond donors (Lipinski definition) is 0. The number of benzene rings is 2. The lowest BCUT2D eigenvalue weighted by molar-refractivity contribution is 0.561. The van der Waals surface area contributed by atoms with E-state index in [9.17, 15) is 0 Å². The highest BCUT2D eigenvalue weighted by Crippen LogP contribution is 2.60. The second kappa shape index (κ2) is 14.8. The second-order valence-electron chi connectivity index (χ2n) is 13.9. The molecule has 7 rings (SSSR count). The summed E-state index contributed by atoms with van der Waals surface area (Å²) in [4.78, 5) is 5.92. The molecule has 0 aliphatic heterocycles. The molecule has 240 valence electrons. The van der Waals surface area contributed by atoms with Crippen molar-refractivity contribution in [2.75, 3.05) is 0 Å². The lowest BCUT2D eigenvalue weighted by Crippen LogP contribution is -2.26.